The molecule has 3 N–H and O–H groups in total. The molecular formula is C22H28N10OS2. The van der Waals surface area contributed by atoms with Crippen LogP contribution in [0.4, 0.5) is 22.5 Å². The van der Waals surface area contributed by atoms with Gasteiger partial charge in [-0.15, -0.1) is 0 Å². The van der Waals surface area contributed by atoms with Crippen LogP contribution in [0, 0.1) is 18.3 Å². The van der Waals surface area contributed by atoms with Gasteiger partial charge < -0.3 is 25.1 Å². The number of nitrogens with zero attached hydrogens (tertiary/aromatic N) is 8. The maximum atomic E-state index is 9.80. The van der Waals surface area contributed by atoms with Gasteiger partial charge in [0.05, 0.1) is 5.69 Å². The van der Waals surface area contributed by atoms with Crippen molar-refractivity contribution < 1.29 is 5.11 Å². The van der Waals surface area contributed by atoms with E-state index in [2.05, 4.69) is 47.7 Å². The zero-order valence-electron chi connectivity index (χ0n) is 19.7. The number of nitriles is 1. The van der Waals surface area contributed by atoms with E-state index in [9.17, 15) is 10.4 Å². The molecule has 0 unspecified atom stereocenters. The minimum Gasteiger partial charge on any atom is -0.492 e. The molecule has 0 atom stereocenters. The number of piperidine rings is 1. The highest BCUT2D eigenvalue weighted by atomic mass is 32.2. The molecule has 2 aliphatic rings. The summed E-state index contributed by atoms with van der Waals surface area (Å²) in [6, 6.07) is 6.03. The summed E-state index contributed by atoms with van der Waals surface area (Å²) >= 11 is 2.89. The number of piperazine rings is 1. The van der Waals surface area contributed by atoms with E-state index in [4.69, 9.17) is 9.97 Å². The summed E-state index contributed by atoms with van der Waals surface area (Å²) in [5, 5.41) is 31.5. The van der Waals surface area contributed by atoms with Crippen molar-refractivity contribution in [3.8, 4) is 11.9 Å². The predicted octanol–water partition coefficient (Wildman–Crippen LogP) is 2.80. The highest BCUT2D eigenvalue weighted by molar-refractivity contribution is 7.99. The zero-order chi connectivity index (χ0) is 24.4. The van der Waals surface area contributed by atoms with Crippen LogP contribution >= 0.6 is 23.3 Å². The lowest BCUT2D eigenvalue weighted by atomic mass is 10.1. The number of anilines is 4. The summed E-state index contributed by atoms with van der Waals surface area (Å²) in [6.45, 7) is 7.41. The average molecular weight is 513 g/mol. The van der Waals surface area contributed by atoms with E-state index < -0.39 is 0 Å². The third-order valence-corrected chi connectivity index (χ3v) is 8.35. The molecule has 0 spiro atoms. The van der Waals surface area contributed by atoms with Gasteiger partial charge in [0.1, 0.15) is 34.1 Å². The van der Waals surface area contributed by atoms with Crippen molar-refractivity contribution >= 4 is 45.7 Å². The van der Waals surface area contributed by atoms with Gasteiger partial charge in [0.15, 0.2) is 5.16 Å². The number of aryl methyl sites for hydroxylation is 1. The Morgan fingerprint density at radius 1 is 1.14 bits per heavy atom. The lowest BCUT2D eigenvalue weighted by Crippen LogP contribution is -2.44. The van der Waals surface area contributed by atoms with Gasteiger partial charge in [-0.05, 0) is 38.3 Å². The molecule has 0 amide bonds. The summed E-state index contributed by atoms with van der Waals surface area (Å²) in [5.41, 5.74) is 1.19. The average Bonchev–Trinajstić information content (AvgIpc) is 3.44. The molecule has 5 rings (SSSR count). The van der Waals surface area contributed by atoms with Gasteiger partial charge in [-0.3, -0.25) is 5.10 Å². The van der Waals surface area contributed by atoms with E-state index in [0.717, 1.165) is 85.4 Å². The first-order valence-corrected chi connectivity index (χ1v) is 13.3. The lowest BCUT2D eigenvalue weighted by molar-refractivity contribution is 0.312. The van der Waals surface area contributed by atoms with E-state index in [1.165, 1.54) is 11.5 Å². The second-order valence-corrected chi connectivity index (χ2v) is 10.9. The van der Waals surface area contributed by atoms with Crippen LogP contribution in [0.5, 0.6) is 5.88 Å². The molecule has 0 aromatic carbocycles. The van der Waals surface area contributed by atoms with Crippen LogP contribution in [0.1, 0.15) is 24.1 Å². The molecule has 2 aliphatic heterocycles. The number of rotatable bonds is 6. The Labute approximate surface area is 212 Å². The molecule has 13 heteroatoms. The van der Waals surface area contributed by atoms with Crippen LogP contribution in [0.3, 0.4) is 0 Å². The molecule has 0 saturated carbocycles. The molecule has 3 aromatic rings. The van der Waals surface area contributed by atoms with Crippen LogP contribution in [-0.2, 0) is 0 Å². The highest BCUT2D eigenvalue weighted by Crippen LogP contribution is 2.37. The summed E-state index contributed by atoms with van der Waals surface area (Å²) in [4.78, 5) is 16.5. The van der Waals surface area contributed by atoms with E-state index in [1.807, 2.05) is 19.1 Å². The van der Waals surface area contributed by atoms with Crippen molar-refractivity contribution in [2.75, 3.05) is 61.4 Å². The fraction of sp³-hybridized carbons (Fsp3) is 0.500. The fourth-order valence-corrected chi connectivity index (χ4v) is 6.10. The van der Waals surface area contributed by atoms with Crippen LogP contribution in [0.25, 0.3) is 0 Å². The Kier molecular flexibility index (Phi) is 6.94. The number of hydrogen-bond donors (Lipinski definition) is 3. The maximum absolute atomic E-state index is 9.80. The van der Waals surface area contributed by atoms with Crippen LogP contribution in [0.15, 0.2) is 17.3 Å². The molecule has 0 aliphatic carbocycles. The van der Waals surface area contributed by atoms with Gasteiger partial charge in [-0.2, -0.15) is 14.7 Å². The fourth-order valence-electron chi connectivity index (χ4n) is 4.26. The van der Waals surface area contributed by atoms with E-state index in [-0.39, 0.29) is 11.4 Å². The number of aromatic hydroxyl groups is 1. The van der Waals surface area contributed by atoms with Gasteiger partial charge in [-0.1, -0.05) is 11.8 Å². The summed E-state index contributed by atoms with van der Waals surface area (Å²) in [6.07, 6.45) is 1.86. The summed E-state index contributed by atoms with van der Waals surface area (Å²) in [5.74, 6) is 2.31. The number of aromatic amines is 1. The monoisotopic (exact) mass is 512 g/mol. The summed E-state index contributed by atoms with van der Waals surface area (Å²) < 4.78 is 3.94. The standard InChI is InChI=1S/C22H28N10OS2/c1-14-11-18(28-27-14)24-17-12-19(31-9-7-30(2)8-10-31)26-22(25-17)34-15-3-5-32(6-4-15)21-16(13-23)20(33)29-35-21/h11-12,15H,3-10H2,1-2H3,(H,29,33)(H2,24,25,26,27,28). The number of H-pyrrole nitrogens is 1. The second kappa shape index (κ2) is 10.3. The van der Waals surface area contributed by atoms with Gasteiger partial charge in [-0.25, -0.2) is 9.97 Å². The Hall–Kier alpha value is -3.08. The topological polar surface area (TPSA) is 133 Å². The molecule has 35 heavy (non-hydrogen) atoms. The van der Waals surface area contributed by atoms with E-state index in [1.54, 1.807) is 11.8 Å². The first-order chi connectivity index (χ1) is 17.0. The third kappa shape index (κ3) is 5.44. The summed E-state index contributed by atoms with van der Waals surface area (Å²) in [7, 11) is 2.14. The molecule has 184 valence electrons. The maximum Gasteiger partial charge on any atom is 0.243 e. The van der Waals surface area contributed by atoms with E-state index >= 15 is 0 Å². The molecular weight excluding hydrogens is 484 g/mol. The number of likely N-dealkylation sites (N-methyl/N-ethyl adjacent to an activating group) is 1. The first kappa shape index (κ1) is 23.7. The highest BCUT2D eigenvalue weighted by Gasteiger charge is 2.26. The number of thioether (sulfide) groups is 1. The van der Waals surface area contributed by atoms with Gasteiger partial charge in [0.25, 0.3) is 0 Å². The van der Waals surface area contributed by atoms with Gasteiger partial charge in [0.2, 0.25) is 5.88 Å². The Bertz CT molecular complexity index is 1210. The van der Waals surface area contributed by atoms with Crippen LogP contribution < -0.4 is 15.1 Å². The molecule has 5 heterocycles. The third-order valence-electron chi connectivity index (χ3n) is 6.26. The minimum atomic E-state index is -0.175. The molecule has 3 aromatic heterocycles. The molecule has 0 radical (unpaired) electrons. The van der Waals surface area contributed by atoms with Crippen molar-refractivity contribution in [2.24, 2.45) is 0 Å². The lowest BCUT2D eigenvalue weighted by Gasteiger charge is -2.34. The number of nitrogens with one attached hydrogen (secondary N) is 2. The van der Waals surface area contributed by atoms with Gasteiger partial charge >= 0.3 is 0 Å². The Morgan fingerprint density at radius 2 is 1.91 bits per heavy atom. The van der Waals surface area contributed by atoms with Crippen molar-refractivity contribution in [3.63, 3.8) is 0 Å². The van der Waals surface area contributed by atoms with Crippen molar-refractivity contribution in [2.45, 2.75) is 30.2 Å². The SMILES string of the molecule is Cc1cc(Nc2cc(N3CCN(C)CC3)nc(SC3CCN(c4snc(O)c4C#N)CC3)n2)[nH]n1. The first-order valence-electron chi connectivity index (χ1n) is 11.6. The number of aromatic nitrogens is 5. The quantitative estimate of drug-likeness (QED) is 0.421. The Morgan fingerprint density at radius 3 is 2.60 bits per heavy atom. The van der Waals surface area contributed by atoms with Crippen LogP contribution in [-0.4, -0.2) is 86.1 Å². The number of hydrogen-bond acceptors (Lipinski definition) is 12. The normalized spacial score (nSPS) is 17.5. The predicted molar refractivity (Wildman–Crippen MR) is 138 cm³/mol. The van der Waals surface area contributed by atoms with Gasteiger partial charge in [0, 0.05) is 56.7 Å². The Balaban J connectivity index is 1.30. The second-order valence-electron chi connectivity index (χ2n) is 8.83. The van der Waals surface area contributed by atoms with Crippen LogP contribution in [0.2, 0.25) is 0 Å². The van der Waals surface area contributed by atoms with Crippen molar-refractivity contribution in [3.05, 3.63) is 23.4 Å². The largest absolute Gasteiger partial charge is 0.492 e. The van der Waals surface area contributed by atoms with E-state index in [0.29, 0.717) is 5.25 Å². The minimum absolute atomic E-state index is 0.175. The van der Waals surface area contributed by atoms with Crippen molar-refractivity contribution in [1.82, 2.24) is 29.4 Å². The van der Waals surface area contributed by atoms with Crippen molar-refractivity contribution in [1.29, 1.82) is 5.26 Å². The molecule has 2 saturated heterocycles. The molecule has 2 fully saturated rings. The zero-order valence-corrected chi connectivity index (χ0v) is 21.4. The molecule has 0 bridgehead atoms. The smallest absolute Gasteiger partial charge is 0.243 e. The molecule has 11 nitrogen and oxygen atoms in total.